The Morgan fingerprint density at radius 2 is 1.56 bits per heavy atom. The number of hydrogen-bond donors (Lipinski definition) is 2. The molecule has 4 heterocycles. The minimum atomic E-state index is -4.61. The first kappa shape index (κ1) is 21.7. The molecule has 0 aliphatic rings. The van der Waals surface area contributed by atoms with Crippen LogP contribution in [0.25, 0.3) is 39.2 Å². The highest BCUT2D eigenvalue weighted by Gasteiger charge is 2.34. The molecule has 0 amide bonds. The van der Waals surface area contributed by atoms with Crippen LogP contribution < -0.4 is 11.5 Å². The molecule has 0 aliphatic heterocycles. The Morgan fingerprint density at radius 1 is 0.824 bits per heavy atom. The lowest BCUT2D eigenvalue weighted by Gasteiger charge is -2.17. The summed E-state index contributed by atoms with van der Waals surface area (Å²) < 4.78 is 41.8. The van der Waals surface area contributed by atoms with Gasteiger partial charge in [-0.25, -0.2) is 4.98 Å². The van der Waals surface area contributed by atoms with Crippen LogP contribution in [0.3, 0.4) is 0 Å². The molecule has 5 rings (SSSR count). The molecule has 0 atom stereocenters. The van der Waals surface area contributed by atoms with Gasteiger partial charge in [-0.3, -0.25) is 14.4 Å². The maximum atomic E-state index is 13.3. The molecule has 8 nitrogen and oxygen atoms in total. The third kappa shape index (κ3) is 3.69. The molecule has 0 spiro atoms. The summed E-state index contributed by atoms with van der Waals surface area (Å²) in [7, 11) is 0. The van der Waals surface area contributed by atoms with Gasteiger partial charge in [0.15, 0.2) is 11.5 Å². The molecule has 0 unspecified atom stereocenters. The van der Waals surface area contributed by atoms with Gasteiger partial charge in [0.2, 0.25) is 0 Å². The Labute approximate surface area is 191 Å². The summed E-state index contributed by atoms with van der Waals surface area (Å²) in [5, 5.41) is 8.49. The van der Waals surface area contributed by atoms with Crippen molar-refractivity contribution in [2.75, 3.05) is 5.73 Å². The quantitative estimate of drug-likeness (QED) is 0.411. The number of rotatable bonds is 3. The van der Waals surface area contributed by atoms with Gasteiger partial charge in [0.25, 0.3) is 0 Å². The standard InChI is InChI=1S/C23H19F3N8/c1-22(2,28)18-6-4-13(9-30-18)21-33-32-19-11-29-16-5-3-12(8-17(16)34(19)21)14-7-15(23(24,25)26)20(27)31-10-14/h3-11H,28H2,1-2H3,(H2,27,31). The summed E-state index contributed by atoms with van der Waals surface area (Å²) in [6.45, 7) is 3.72. The Bertz CT molecular complexity index is 1530. The largest absolute Gasteiger partial charge is 0.419 e. The van der Waals surface area contributed by atoms with Gasteiger partial charge in [0.1, 0.15) is 5.82 Å². The van der Waals surface area contributed by atoms with Crippen molar-refractivity contribution in [1.82, 2.24) is 29.5 Å². The molecule has 5 aromatic rings. The molecule has 4 aromatic heterocycles. The Kier molecular flexibility index (Phi) is 4.76. The second-order valence-electron chi connectivity index (χ2n) is 8.49. The Balaban J connectivity index is 1.69. The first-order valence-corrected chi connectivity index (χ1v) is 10.2. The van der Waals surface area contributed by atoms with Gasteiger partial charge < -0.3 is 11.5 Å². The normalized spacial score (nSPS) is 12.5. The number of nitrogen functional groups attached to an aromatic ring is 1. The van der Waals surface area contributed by atoms with Crippen LogP contribution in [0.1, 0.15) is 25.1 Å². The van der Waals surface area contributed by atoms with Crippen molar-refractivity contribution < 1.29 is 13.2 Å². The number of pyridine rings is 2. The van der Waals surface area contributed by atoms with E-state index in [0.717, 1.165) is 11.8 Å². The number of nitrogens with two attached hydrogens (primary N) is 2. The van der Waals surface area contributed by atoms with Gasteiger partial charge in [-0.05, 0) is 49.7 Å². The van der Waals surface area contributed by atoms with Crippen molar-refractivity contribution in [2.24, 2.45) is 5.73 Å². The van der Waals surface area contributed by atoms with Gasteiger partial charge in [-0.1, -0.05) is 6.07 Å². The Hall–Kier alpha value is -4.12. The number of aromatic nitrogens is 6. The molecule has 0 radical (unpaired) electrons. The van der Waals surface area contributed by atoms with Gasteiger partial charge in [0, 0.05) is 23.5 Å². The van der Waals surface area contributed by atoms with E-state index in [0.29, 0.717) is 33.6 Å². The summed E-state index contributed by atoms with van der Waals surface area (Å²) in [5.74, 6) is -0.0568. The lowest BCUT2D eigenvalue weighted by atomic mass is 10.0. The van der Waals surface area contributed by atoms with E-state index in [9.17, 15) is 13.2 Å². The molecule has 1 aromatic carbocycles. The van der Waals surface area contributed by atoms with E-state index in [4.69, 9.17) is 11.5 Å². The van der Waals surface area contributed by atoms with Gasteiger partial charge in [-0.15, -0.1) is 10.2 Å². The van der Waals surface area contributed by atoms with Crippen molar-refractivity contribution in [3.05, 3.63) is 66.2 Å². The van der Waals surface area contributed by atoms with E-state index in [-0.39, 0.29) is 5.56 Å². The van der Waals surface area contributed by atoms with Crippen LogP contribution in [-0.2, 0) is 11.7 Å². The molecular formula is C23H19F3N8. The molecule has 0 saturated carbocycles. The van der Waals surface area contributed by atoms with Crippen molar-refractivity contribution in [3.8, 4) is 22.5 Å². The lowest BCUT2D eigenvalue weighted by Crippen LogP contribution is -2.29. The molecule has 0 bridgehead atoms. The first-order chi connectivity index (χ1) is 16.0. The van der Waals surface area contributed by atoms with Crippen LogP contribution in [0.4, 0.5) is 19.0 Å². The van der Waals surface area contributed by atoms with Crippen molar-refractivity contribution in [2.45, 2.75) is 25.6 Å². The highest BCUT2D eigenvalue weighted by molar-refractivity contribution is 5.85. The maximum absolute atomic E-state index is 13.3. The fourth-order valence-corrected chi connectivity index (χ4v) is 3.69. The molecule has 4 N–H and O–H groups in total. The second-order valence-corrected chi connectivity index (χ2v) is 8.49. The first-order valence-electron chi connectivity index (χ1n) is 10.2. The van der Waals surface area contributed by atoms with E-state index in [2.05, 4.69) is 25.1 Å². The minimum absolute atomic E-state index is 0.270. The molecule has 0 fully saturated rings. The number of alkyl halides is 3. The summed E-state index contributed by atoms with van der Waals surface area (Å²) in [4.78, 5) is 12.6. The van der Waals surface area contributed by atoms with Gasteiger partial charge in [-0.2, -0.15) is 13.2 Å². The SMILES string of the molecule is CC(C)(N)c1ccc(-c2nnc3cnc4ccc(-c5cnc(N)c(C(F)(F)F)c5)cc4n23)cn1. The fourth-order valence-electron chi connectivity index (χ4n) is 3.69. The zero-order chi connectivity index (χ0) is 24.3. The number of benzene rings is 1. The van der Waals surface area contributed by atoms with Crippen molar-refractivity contribution >= 4 is 22.5 Å². The van der Waals surface area contributed by atoms with Crippen molar-refractivity contribution in [1.29, 1.82) is 0 Å². The van der Waals surface area contributed by atoms with E-state index < -0.39 is 23.1 Å². The average Bonchev–Trinajstić information content (AvgIpc) is 3.22. The van der Waals surface area contributed by atoms with E-state index >= 15 is 0 Å². The van der Waals surface area contributed by atoms with E-state index in [1.54, 1.807) is 35.0 Å². The van der Waals surface area contributed by atoms with Gasteiger partial charge >= 0.3 is 6.18 Å². The molecule has 34 heavy (non-hydrogen) atoms. The van der Waals surface area contributed by atoms with E-state index in [1.165, 1.54) is 6.20 Å². The van der Waals surface area contributed by atoms with Crippen LogP contribution in [0, 0.1) is 0 Å². The summed E-state index contributed by atoms with van der Waals surface area (Å²) in [6, 6.07) is 9.78. The van der Waals surface area contributed by atoms with Crippen LogP contribution in [-0.4, -0.2) is 29.5 Å². The maximum Gasteiger partial charge on any atom is 0.419 e. The highest BCUT2D eigenvalue weighted by Crippen LogP contribution is 2.35. The zero-order valence-corrected chi connectivity index (χ0v) is 18.2. The summed E-state index contributed by atoms with van der Waals surface area (Å²) in [6.07, 6.45) is -0.0626. The van der Waals surface area contributed by atoms with Crippen molar-refractivity contribution in [3.63, 3.8) is 0 Å². The Morgan fingerprint density at radius 3 is 2.24 bits per heavy atom. The monoisotopic (exact) mass is 464 g/mol. The summed E-state index contributed by atoms with van der Waals surface area (Å²) >= 11 is 0. The van der Waals surface area contributed by atoms with Crippen LogP contribution in [0.15, 0.2) is 55.0 Å². The van der Waals surface area contributed by atoms with Crippen LogP contribution in [0.2, 0.25) is 0 Å². The predicted molar refractivity (Wildman–Crippen MR) is 121 cm³/mol. The van der Waals surface area contributed by atoms with Crippen LogP contribution in [0.5, 0.6) is 0 Å². The number of halogens is 3. The topological polar surface area (TPSA) is 121 Å². The zero-order valence-electron chi connectivity index (χ0n) is 18.2. The summed E-state index contributed by atoms with van der Waals surface area (Å²) in [5.41, 5.74) is 13.9. The predicted octanol–water partition coefficient (Wildman–Crippen LogP) is 4.20. The molecule has 0 saturated heterocycles. The smallest absolute Gasteiger partial charge is 0.383 e. The second kappa shape index (κ2) is 7.45. The third-order valence-electron chi connectivity index (χ3n) is 5.46. The number of fused-ring (bicyclic) bond motifs is 3. The van der Waals surface area contributed by atoms with Crippen LogP contribution >= 0.6 is 0 Å². The van der Waals surface area contributed by atoms with E-state index in [1.807, 2.05) is 26.0 Å². The lowest BCUT2D eigenvalue weighted by molar-refractivity contribution is -0.137. The fraction of sp³-hybridized carbons (Fsp3) is 0.174. The number of hydrogen-bond acceptors (Lipinski definition) is 7. The third-order valence-corrected chi connectivity index (χ3v) is 5.46. The molecule has 0 aliphatic carbocycles. The highest BCUT2D eigenvalue weighted by atomic mass is 19.4. The average molecular weight is 464 g/mol. The molecule has 172 valence electrons. The molecular weight excluding hydrogens is 445 g/mol. The minimum Gasteiger partial charge on any atom is -0.383 e. The molecule has 11 heteroatoms. The van der Waals surface area contributed by atoms with Gasteiger partial charge in [0.05, 0.1) is 34.0 Å². The number of nitrogens with zero attached hydrogens (tertiary/aromatic N) is 6. The number of anilines is 1.